The van der Waals surface area contributed by atoms with Crippen molar-refractivity contribution in [2.45, 2.75) is 0 Å². The first-order valence-corrected chi connectivity index (χ1v) is 8.95. The van der Waals surface area contributed by atoms with Crippen LogP contribution < -0.4 is 5.43 Å². The second-order valence-electron chi connectivity index (χ2n) is 6.14. The van der Waals surface area contributed by atoms with E-state index in [0.29, 0.717) is 21.0 Å². The number of aryl methyl sites for hydroxylation is 1. The van der Waals surface area contributed by atoms with Gasteiger partial charge in [0.1, 0.15) is 0 Å². The summed E-state index contributed by atoms with van der Waals surface area (Å²) >= 11 is 12.1. The molecule has 0 atom stereocenters. The summed E-state index contributed by atoms with van der Waals surface area (Å²) in [6.45, 7) is 0. The lowest BCUT2D eigenvalue weighted by Crippen LogP contribution is -2.14. The molecule has 4 rings (SSSR count). The molecule has 0 radical (unpaired) electrons. The van der Waals surface area contributed by atoms with Gasteiger partial charge in [-0.3, -0.25) is 4.79 Å². The predicted octanol–water partition coefficient (Wildman–Crippen LogP) is 6.18. The Hall–Kier alpha value is -2.55. The topological polar surface area (TPSA) is 22.0 Å². The van der Waals surface area contributed by atoms with Gasteiger partial charge in [0.15, 0.2) is 5.43 Å². The molecule has 4 aromatic rings. The van der Waals surface area contributed by atoms with Crippen molar-refractivity contribution < 1.29 is 0 Å². The Morgan fingerprint density at radius 3 is 1.88 bits per heavy atom. The van der Waals surface area contributed by atoms with Crippen molar-refractivity contribution in [3.63, 3.8) is 0 Å². The van der Waals surface area contributed by atoms with E-state index in [1.165, 1.54) is 0 Å². The number of rotatable bonds is 2. The van der Waals surface area contributed by atoms with Gasteiger partial charge in [0.2, 0.25) is 0 Å². The average Bonchev–Trinajstić information content (AvgIpc) is 2.66. The third-order valence-electron chi connectivity index (χ3n) is 4.56. The van der Waals surface area contributed by atoms with Crippen LogP contribution in [0.25, 0.3) is 33.3 Å². The first-order valence-electron chi connectivity index (χ1n) is 8.20. The van der Waals surface area contributed by atoms with Crippen LogP contribution in [-0.4, -0.2) is 4.57 Å². The average molecular weight is 380 g/mol. The van der Waals surface area contributed by atoms with Gasteiger partial charge in [0, 0.05) is 22.5 Å². The minimum atomic E-state index is 0.00553. The molecule has 0 bridgehead atoms. The van der Waals surface area contributed by atoms with E-state index in [-0.39, 0.29) is 5.43 Å². The van der Waals surface area contributed by atoms with Crippen LogP contribution in [0.1, 0.15) is 0 Å². The number of pyridine rings is 1. The van der Waals surface area contributed by atoms with E-state index < -0.39 is 0 Å². The summed E-state index contributed by atoms with van der Waals surface area (Å²) in [6.07, 6.45) is 0. The number of aromatic nitrogens is 1. The third kappa shape index (κ3) is 2.82. The standard InChI is InChI=1S/C22H15Cl2NO/c1-25-19-5-3-2-4-18(19)22(26)20(14-6-10-16(23)11-7-14)21(25)15-8-12-17(24)13-9-15/h2-13H,1H3. The highest BCUT2D eigenvalue weighted by atomic mass is 35.5. The monoisotopic (exact) mass is 379 g/mol. The number of fused-ring (bicyclic) bond motifs is 1. The van der Waals surface area contributed by atoms with Gasteiger partial charge in [-0.2, -0.15) is 0 Å². The fourth-order valence-electron chi connectivity index (χ4n) is 3.32. The van der Waals surface area contributed by atoms with Gasteiger partial charge >= 0.3 is 0 Å². The minimum absolute atomic E-state index is 0.00553. The number of benzene rings is 3. The molecule has 0 aliphatic carbocycles. The number of halogens is 2. The molecule has 4 heteroatoms. The highest BCUT2D eigenvalue weighted by molar-refractivity contribution is 6.31. The quantitative estimate of drug-likeness (QED) is 0.407. The molecule has 0 spiro atoms. The van der Waals surface area contributed by atoms with E-state index in [0.717, 1.165) is 22.3 Å². The molecule has 0 aliphatic rings. The van der Waals surface area contributed by atoms with Crippen LogP contribution >= 0.6 is 23.2 Å². The van der Waals surface area contributed by atoms with Crippen LogP contribution in [0.2, 0.25) is 10.0 Å². The fourth-order valence-corrected chi connectivity index (χ4v) is 3.57. The Labute approximate surface area is 161 Å². The van der Waals surface area contributed by atoms with Crippen molar-refractivity contribution in [3.8, 4) is 22.4 Å². The summed E-state index contributed by atoms with van der Waals surface area (Å²) in [5, 5.41) is 1.99. The molecule has 26 heavy (non-hydrogen) atoms. The molecule has 0 unspecified atom stereocenters. The lowest BCUT2D eigenvalue weighted by Gasteiger charge is -2.18. The molecule has 0 fully saturated rings. The van der Waals surface area contributed by atoms with Crippen molar-refractivity contribution >= 4 is 34.1 Å². The molecular weight excluding hydrogens is 365 g/mol. The van der Waals surface area contributed by atoms with Crippen molar-refractivity contribution in [1.82, 2.24) is 4.57 Å². The van der Waals surface area contributed by atoms with Gasteiger partial charge in [0.05, 0.1) is 16.8 Å². The summed E-state index contributed by atoms with van der Waals surface area (Å²) in [6, 6.07) is 22.6. The number of para-hydroxylation sites is 1. The summed E-state index contributed by atoms with van der Waals surface area (Å²) in [4.78, 5) is 13.4. The van der Waals surface area contributed by atoms with E-state index in [2.05, 4.69) is 4.57 Å². The van der Waals surface area contributed by atoms with E-state index >= 15 is 0 Å². The van der Waals surface area contributed by atoms with Crippen LogP contribution in [-0.2, 0) is 7.05 Å². The van der Waals surface area contributed by atoms with Gasteiger partial charge in [-0.05, 0) is 47.5 Å². The van der Waals surface area contributed by atoms with Crippen molar-refractivity contribution in [1.29, 1.82) is 0 Å². The molecule has 128 valence electrons. The molecule has 1 heterocycles. The smallest absolute Gasteiger partial charge is 0.197 e. The Morgan fingerprint density at radius 2 is 1.27 bits per heavy atom. The molecule has 1 aromatic heterocycles. The molecule has 0 aliphatic heterocycles. The lowest BCUT2D eigenvalue weighted by atomic mass is 9.96. The molecule has 3 aromatic carbocycles. The van der Waals surface area contributed by atoms with Gasteiger partial charge in [-0.15, -0.1) is 0 Å². The SMILES string of the molecule is Cn1c(-c2ccc(Cl)cc2)c(-c2ccc(Cl)cc2)c(=O)c2ccccc21. The first-order chi connectivity index (χ1) is 12.6. The Morgan fingerprint density at radius 1 is 0.731 bits per heavy atom. The van der Waals surface area contributed by atoms with Crippen molar-refractivity contribution in [2.24, 2.45) is 7.05 Å². The van der Waals surface area contributed by atoms with Crippen molar-refractivity contribution in [3.05, 3.63) is 93.1 Å². The lowest BCUT2D eigenvalue weighted by molar-refractivity contribution is 0.962. The predicted molar refractivity (Wildman–Crippen MR) is 110 cm³/mol. The highest BCUT2D eigenvalue weighted by Gasteiger charge is 2.18. The zero-order chi connectivity index (χ0) is 18.3. The van der Waals surface area contributed by atoms with Gasteiger partial charge in [-0.25, -0.2) is 0 Å². The second-order valence-corrected chi connectivity index (χ2v) is 7.02. The molecule has 2 nitrogen and oxygen atoms in total. The van der Waals surface area contributed by atoms with E-state index in [1.807, 2.05) is 67.7 Å². The first kappa shape index (κ1) is 16.9. The number of nitrogens with zero attached hydrogens (tertiary/aromatic N) is 1. The van der Waals surface area contributed by atoms with E-state index in [1.54, 1.807) is 12.1 Å². The molecular formula is C22H15Cl2NO. The Kier molecular flexibility index (Phi) is 4.31. The van der Waals surface area contributed by atoms with Gasteiger partial charge < -0.3 is 4.57 Å². The zero-order valence-electron chi connectivity index (χ0n) is 14.0. The summed E-state index contributed by atoms with van der Waals surface area (Å²) in [7, 11) is 1.98. The Balaban J connectivity index is 2.15. The third-order valence-corrected chi connectivity index (χ3v) is 5.06. The maximum absolute atomic E-state index is 13.4. The maximum Gasteiger partial charge on any atom is 0.197 e. The second kappa shape index (κ2) is 6.64. The van der Waals surface area contributed by atoms with E-state index in [4.69, 9.17) is 23.2 Å². The van der Waals surface area contributed by atoms with Crippen LogP contribution in [0, 0.1) is 0 Å². The summed E-state index contributed by atoms with van der Waals surface area (Å²) in [5.41, 5.74) is 4.18. The van der Waals surface area contributed by atoms with Gasteiger partial charge in [0.25, 0.3) is 0 Å². The normalized spacial score (nSPS) is 11.0. The Bertz CT molecular complexity index is 1160. The summed E-state index contributed by atoms with van der Waals surface area (Å²) in [5.74, 6) is 0. The molecule has 0 N–H and O–H groups in total. The zero-order valence-corrected chi connectivity index (χ0v) is 15.6. The molecule has 0 saturated carbocycles. The molecule has 0 saturated heterocycles. The number of hydrogen-bond donors (Lipinski definition) is 0. The van der Waals surface area contributed by atoms with Crippen LogP contribution in [0.15, 0.2) is 77.6 Å². The van der Waals surface area contributed by atoms with Crippen LogP contribution in [0.3, 0.4) is 0 Å². The molecule has 0 amide bonds. The maximum atomic E-state index is 13.4. The van der Waals surface area contributed by atoms with Crippen molar-refractivity contribution in [2.75, 3.05) is 0 Å². The van der Waals surface area contributed by atoms with Crippen LogP contribution in [0.5, 0.6) is 0 Å². The van der Waals surface area contributed by atoms with Crippen LogP contribution in [0.4, 0.5) is 0 Å². The highest BCUT2D eigenvalue weighted by Crippen LogP contribution is 2.33. The minimum Gasteiger partial charge on any atom is -0.343 e. The fraction of sp³-hybridized carbons (Fsp3) is 0.0455. The largest absolute Gasteiger partial charge is 0.343 e. The number of hydrogen-bond acceptors (Lipinski definition) is 1. The van der Waals surface area contributed by atoms with Gasteiger partial charge in [-0.1, -0.05) is 59.6 Å². The van der Waals surface area contributed by atoms with E-state index in [9.17, 15) is 4.79 Å². The summed E-state index contributed by atoms with van der Waals surface area (Å²) < 4.78 is 2.06.